The Labute approximate surface area is 126 Å². The van der Waals surface area contributed by atoms with E-state index in [1.54, 1.807) is 19.1 Å². The van der Waals surface area contributed by atoms with E-state index in [-0.39, 0.29) is 22.6 Å². The van der Waals surface area contributed by atoms with Gasteiger partial charge in [-0.3, -0.25) is 4.79 Å². The highest BCUT2D eigenvalue weighted by Crippen LogP contribution is 2.23. The van der Waals surface area contributed by atoms with Crippen LogP contribution in [0.15, 0.2) is 29.2 Å². The van der Waals surface area contributed by atoms with E-state index < -0.39 is 9.84 Å². The molecular formula is C16H23NO3S. The lowest BCUT2D eigenvalue weighted by Gasteiger charge is -2.27. The van der Waals surface area contributed by atoms with Crippen LogP contribution in [0.2, 0.25) is 0 Å². The summed E-state index contributed by atoms with van der Waals surface area (Å²) in [5.41, 5.74) is 0.517. The number of nitrogens with one attached hydrogen (secondary N) is 1. The van der Waals surface area contributed by atoms with E-state index in [0.29, 0.717) is 11.5 Å². The molecule has 0 radical (unpaired) electrons. The Morgan fingerprint density at radius 1 is 1.24 bits per heavy atom. The second-order valence-corrected chi connectivity index (χ2v) is 8.15. The summed E-state index contributed by atoms with van der Waals surface area (Å²) < 4.78 is 23.5. The zero-order valence-electron chi connectivity index (χ0n) is 12.6. The van der Waals surface area contributed by atoms with E-state index in [1.807, 2.05) is 0 Å². The predicted octanol–water partition coefficient (Wildman–Crippen LogP) is 2.79. The third kappa shape index (κ3) is 4.06. The molecular weight excluding hydrogens is 286 g/mol. The van der Waals surface area contributed by atoms with Crippen molar-refractivity contribution in [3.05, 3.63) is 29.8 Å². The van der Waals surface area contributed by atoms with Gasteiger partial charge in [0, 0.05) is 11.6 Å². The topological polar surface area (TPSA) is 63.2 Å². The lowest BCUT2D eigenvalue weighted by molar-refractivity contribution is 0.0921. The highest BCUT2D eigenvalue weighted by atomic mass is 32.2. The SMILES string of the molecule is CCS(=O)(=O)c1ccc(C(=O)N[C@H]2CCC[C@@H](C)C2)cc1. The minimum Gasteiger partial charge on any atom is -0.349 e. The molecule has 116 valence electrons. The van der Waals surface area contributed by atoms with Crippen LogP contribution in [0.5, 0.6) is 0 Å². The molecule has 0 spiro atoms. The van der Waals surface area contributed by atoms with Crippen LogP contribution in [0, 0.1) is 5.92 Å². The summed E-state index contributed by atoms with van der Waals surface area (Å²) in [5, 5.41) is 3.05. The third-order valence-electron chi connectivity index (χ3n) is 4.13. The van der Waals surface area contributed by atoms with Gasteiger partial charge in [0.05, 0.1) is 10.6 Å². The van der Waals surface area contributed by atoms with Crippen molar-refractivity contribution >= 4 is 15.7 Å². The van der Waals surface area contributed by atoms with Crippen LogP contribution in [0.25, 0.3) is 0 Å². The molecule has 1 saturated carbocycles. The molecule has 4 nitrogen and oxygen atoms in total. The number of carbonyl (C=O) groups excluding carboxylic acids is 1. The van der Waals surface area contributed by atoms with Gasteiger partial charge in [0.25, 0.3) is 5.91 Å². The third-order valence-corrected chi connectivity index (χ3v) is 5.88. The largest absolute Gasteiger partial charge is 0.349 e. The minimum atomic E-state index is -3.21. The van der Waals surface area contributed by atoms with Gasteiger partial charge in [-0.15, -0.1) is 0 Å². The zero-order chi connectivity index (χ0) is 15.5. The summed E-state index contributed by atoms with van der Waals surface area (Å²) in [6.07, 6.45) is 4.43. The molecule has 1 aromatic rings. The van der Waals surface area contributed by atoms with E-state index in [1.165, 1.54) is 18.6 Å². The van der Waals surface area contributed by atoms with Crippen molar-refractivity contribution in [2.24, 2.45) is 5.92 Å². The Kier molecular flexibility index (Phi) is 5.04. The fourth-order valence-corrected chi connectivity index (χ4v) is 3.70. The second-order valence-electron chi connectivity index (χ2n) is 5.87. The van der Waals surface area contributed by atoms with Crippen molar-refractivity contribution in [3.8, 4) is 0 Å². The first-order valence-corrected chi connectivity index (χ1v) is 9.21. The Hall–Kier alpha value is -1.36. The Bertz CT molecular complexity index is 592. The van der Waals surface area contributed by atoms with E-state index in [0.717, 1.165) is 19.3 Å². The molecule has 0 unspecified atom stereocenters. The molecule has 1 amide bonds. The van der Waals surface area contributed by atoms with Crippen molar-refractivity contribution in [1.82, 2.24) is 5.32 Å². The van der Waals surface area contributed by atoms with Gasteiger partial charge in [0.2, 0.25) is 0 Å². The predicted molar refractivity (Wildman–Crippen MR) is 83.1 cm³/mol. The van der Waals surface area contributed by atoms with E-state index >= 15 is 0 Å². The van der Waals surface area contributed by atoms with Crippen molar-refractivity contribution in [1.29, 1.82) is 0 Å². The number of carbonyl (C=O) groups is 1. The summed E-state index contributed by atoms with van der Waals surface area (Å²) in [4.78, 5) is 12.5. The number of amides is 1. The van der Waals surface area contributed by atoms with E-state index in [2.05, 4.69) is 12.2 Å². The summed E-state index contributed by atoms with van der Waals surface area (Å²) >= 11 is 0. The van der Waals surface area contributed by atoms with Crippen molar-refractivity contribution in [3.63, 3.8) is 0 Å². The highest BCUT2D eigenvalue weighted by molar-refractivity contribution is 7.91. The van der Waals surface area contributed by atoms with Gasteiger partial charge in [-0.25, -0.2) is 8.42 Å². The molecule has 0 saturated heterocycles. The molecule has 0 aliphatic heterocycles. The van der Waals surface area contributed by atoms with Gasteiger partial charge in [0.15, 0.2) is 9.84 Å². The quantitative estimate of drug-likeness (QED) is 0.930. The van der Waals surface area contributed by atoms with Gasteiger partial charge >= 0.3 is 0 Å². The molecule has 2 rings (SSSR count). The van der Waals surface area contributed by atoms with Crippen molar-refractivity contribution < 1.29 is 13.2 Å². The average Bonchev–Trinajstić information content (AvgIpc) is 2.47. The average molecular weight is 309 g/mol. The fourth-order valence-electron chi connectivity index (χ4n) is 2.81. The monoisotopic (exact) mass is 309 g/mol. The first-order valence-electron chi connectivity index (χ1n) is 7.56. The standard InChI is InChI=1S/C16H23NO3S/c1-3-21(19,20)15-9-7-13(8-10-15)16(18)17-14-6-4-5-12(2)11-14/h7-10,12,14H,3-6,11H2,1-2H3,(H,17,18)/t12-,14+/m1/s1. The number of sulfone groups is 1. The zero-order valence-corrected chi connectivity index (χ0v) is 13.4. The van der Waals surface area contributed by atoms with Crippen LogP contribution in [0.1, 0.15) is 49.9 Å². The summed E-state index contributed by atoms with van der Waals surface area (Å²) in [6, 6.07) is 6.43. The van der Waals surface area contributed by atoms with Crippen molar-refractivity contribution in [2.75, 3.05) is 5.75 Å². The molecule has 5 heteroatoms. The molecule has 1 aliphatic carbocycles. The Morgan fingerprint density at radius 2 is 1.90 bits per heavy atom. The van der Waals surface area contributed by atoms with Crippen molar-refractivity contribution in [2.45, 2.75) is 50.5 Å². The van der Waals surface area contributed by atoms with Crippen LogP contribution in [0.3, 0.4) is 0 Å². The number of rotatable bonds is 4. The van der Waals surface area contributed by atoms with Crippen LogP contribution >= 0.6 is 0 Å². The molecule has 0 bridgehead atoms. The molecule has 1 aliphatic rings. The van der Waals surface area contributed by atoms with Crippen LogP contribution < -0.4 is 5.32 Å². The van der Waals surface area contributed by atoms with E-state index in [9.17, 15) is 13.2 Å². The van der Waals surface area contributed by atoms with Gasteiger partial charge in [-0.2, -0.15) is 0 Å². The van der Waals surface area contributed by atoms with Crippen LogP contribution in [-0.2, 0) is 9.84 Å². The molecule has 0 aromatic heterocycles. The maximum Gasteiger partial charge on any atom is 0.251 e. The molecule has 0 heterocycles. The van der Waals surface area contributed by atoms with Gasteiger partial charge < -0.3 is 5.32 Å². The first kappa shape index (κ1) is 16.0. The Balaban J connectivity index is 2.03. The van der Waals surface area contributed by atoms with E-state index in [4.69, 9.17) is 0 Å². The van der Waals surface area contributed by atoms with Gasteiger partial charge in [0.1, 0.15) is 0 Å². The number of hydrogen-bond acceptors (Lipinski definition) is 3. The molecule has 1 N–H and O–H groups in total. The maximum atomic E-state index is 12.2. The first-order chi connectivity index (χ1) is 9.92. The smallest absolute Gasteiger partial charge is 0.251 e. The Morgan fingerprint density at radius 3 is 2.48 bits per heavy atom. The molecule has 2 atom stereocenters. The van der Waals surface area contributed by atoms with Gasteiger partial charge in [-0.1, -0.05) is 26.7 Å². The second kappa shape index (κ2) is 6.60. The summed E-state index contributed by atoms with van der Waals surface area (Å²) in [7, 11) is -3.21. The normalized spacial score (nSPS) is 22.8. The molecule has 1 fully saturated rings. The summed E-state index contributed by atoms with van der Waals surface area (Å²) in [5.74, 6) is 0.606. The fraction of sp³-hybridized carbons (Fsp3) is 0.562. The molecule has 21 heavy (non-hydrogen) atoms. The minimum absolute atomic E-state index is 0.0680. The lowest BCUT2D eigenvalue weighted by atomic mass is 9.87. The number of benzene rings is 1. The number of hydrogen-bond donors (Lipinski definition) is 1. The van der Waals surface area contributed by atoms with Gasteiger partial charge in [-0.05, 0) is 43.0 Å². The van der Waals surface area contributed by atoms with Crippen LogP contribution in [-0.4, -0.2) is 26.1 Å². The molecule has 1 aromatic carbocycles. The lowest BCUT2D eigenvalue weighted by Crippen LogP contribution is -2.37. The van der Waals surface area contributed by atoms with Crippen LogP contribution in [0.4, 0.5) is 0 Å². The maximum absolute atomic E-state index is 12.2. The highest BCUT2D eigenvalue weighted by Gasteiger charge is 2.21. The summed E-state index contributed by atoms with van der Waals surface area (Å²) in [6.45, 7) is 3.82.